The first-order valence-corrected chi connectivity index (χ1v) is 23.5. The molecule has 16 atom stereocenters. The van der Waals surface area contributed by atoms with Gasteiger partial charge in [-0.3, -0.25) is 0 Å². The van der Waals surface area contributed by atoms with Gasteiger partial charge in [0.05, 0.1) is 35.2 Å². The largest absolute Gasteiger partial charge is 0.346 e. The Morgan fingerprint density at radius 2 is 0.941 bits per heavy atom. The molecule has 8 saturated heterocycles. The van der Waals surface area contributed by atoms with E-state index in [0.29, 0.717) is 24.7 Å². The van der Waals surface area contributed by atoms with E-state index >= 15 is 0 Å². The highest BCUT2D eigenvalue weighted by atomic mass is 32.2. The second-order valence-electron chi connectivity index (χ2n) is 18.1. The second kappa shape index (κ2) is 13.1. The average molecular weight is 761 g/mol. The van der Waals surface area contributed by atoms with Gasteiger partial charge in [-0.15, -0.1) is 0 Å². The number of hydrogen-bond acceptors (Lipinski definition) is 12. The van der Waals surface area contributed by atoms with Crippen LogP contribution in [0.5, 0.6) is 0 Å². The van der Waals surface area contributed by atoms with E-state index in [2.05, 4.69) is 27.7 Å². The zero-order valence-electron chi connectivity index (χ0n) is 31.3. The third-order valence-corrected chi connectivity index (χ3v) is 18.5. The molecule has 2 saturated carbocycles. The maximum Gasteiger partial charge on any atom is 0.201 e. The highest BCUT2D eigenvalue weighted by molar-refractivity contribution is 7.92. The third kappa shape index (κ3) is 6.29. The lowest BCUT2D eigenvalue weighted by atomic mass is 9.57. The van der Waals surface area contributed by atoms with Crippen molar-refractivity contribution in [3.8, 4) is 0 Å². The molecule has 0 N–H and O–H groups in total. The summed E-state index contributed by atoms with van der Waals surface area (Å²) in [6.07, 6.45) is 6.27. The van der Waals surface area contributed by atoms with Crippen LogP contribution in [-0.4, -0.2) is 87.4 Å². The predicted molar refractivity (Wildman–Crippen MR) is 185 cm³/mol. The average Bonchev–Trinajstić information content (AvgIpc) is 3.44. The predicted octanol–water partition coefficient (Wildman–Crippen LogP) is 5.49. The van der Waals surface area contributed by atoms with E-state index in [4.69, 9.17) is 38.5 Å². The molecule has 10 aliphatic rings. The summed E-state index contributed by atoms with van der Waals surface area (Å²) >= 11 is 0. The molecule has 14 heteroatoms. The van der Waals surface area contributed by atoms with Crippen LogP contribution in [0.25, 0.3) is 0 Å². The van der Waals surface area contributed by atoms with Crippen LogP contribution in [0.2, 0.25) is 0 Å². The highest BCUT2D eigenvalue weighted by Crippen LogP contribution is 2.62. The fourth-order valence-corrected chi connectivity index (χ4v) is 14.9. The molecule has 12 nitrogen and oxygen atoms in total. The number of hydrogen-bond donors (Lipinski definition) is 0. The Balaban J connectivity index is 0.848. The third-order valence-electron chi connectivity index (χ3n) is 14.9. The Morgan fingerprint density at radius 3 is 1.35 bits per heavy atom. The van der Waals surface area contributed by atoms with Gasteiger partial charge in [0.15, 0.2) is 23.8 Å². The first kappa shape index (κ1) is 37.5. The molecular weight excluding hydrogens is 701 g/mol. The molecule has 0 aromatic carbocycles. The van der Waals surface area contributed by atoms with Crippen LogP contribution in [-0.2, 0) is 58.2 Å². The van der Waals surface area contributed by atoms with E-state index in [1.807, 2.05) is 13.8 Å². The van der Waals surface area contributed by atoms with Gasteiger partial charge in [0.2, 0.25) is 11.6 Å². The molecule has 8 aliphatic heterocycles. The van der Waals surface area contributed by atoms with Gasteiger partial charge in [0.1, 0.15) is 19.7 Å². The smallest absolute Gasteiger partial charge is 0.201 e. The summed E-state index contributed by atoms with van der Waals surface area (Å²) in [6.45, 7) is 12.6. The van der Waals surface area contributed by atoms with E-state index in [-0.39, 0.29) is 77.1 Å². The van der Waals surface area contributed by atoms with Gasteiger partial charge in [-0.05, 0) is 107 Å². The zero-order chi connectivity index (χ0) is 36.2. The van der Waals surface area contributed by atoms with Crippen LogP contribution >= 0.6 is 0 Å². The topological polar surface area (TPSA) is 142 Å². The molecule has 0 amide bonds. The van der Waals surface area contributed by atoms with E-state index < -0.39 is 55.0 Å². The molecule has 10 fully saturated rings. The molecule has 0 aromatic rings. The minimum atomic E-state index is -3.51. The number of rotatable bonds is 10. The molecule has 10 rings (SSSR count). The van der Waals surface area contributed by atoms with Crippen molar-refractivity contribution >= 4 is 19.7 Å². The number of sulfone groups is 2. The van der Waals surface area contributed by atoms with Crippen molar-refractivity contribution in [3.05, 3.63) is 0 Å². The summed E-state index contributed by atoms with van der Waals surface area (Å²) in [5.74, 6) is -0.460. The standard InChI is InChI=1S/C37H60O12S2/c1-22-8-10-28-24(3)30(42-32-36(28)26(22)12-16-34(5,44-32)46-48-36)14-20-50(38,39)18-7-19-51(40,41)21-15-31-25(4)29-11-9-23(2)27-13-17-35(6)45-33(43-31)37(27,29)49-47-35/h22-33H,7-21H2,1-6H3/t22-,23-,24-,25-,26+,27+,28+,29+,30-,31-,32-,33-,34+,35+,36+,37+/m1/s1. The van der Waals surface area contributed by atoms with Crippen molar-refractivity contribution < 1.29 is 55.3 Å². The summed E-state index contributed by atoms with van der Waals surface area (Å²) in [5.41, 5.74) is -1.36. The van der Waals surface area contributed by atoms with Crippen LogP contribution in [0.1, 0.15) is 112 Å². The van der Waals surface area contributed by atoms with Crippen LogP contribution < -0.4 is 0 Å². The van der Waals surface area contributed by atoms with Crippen molar-refractivity contribution in [3.63, 3.8) is 0 Å². The Labute approximate surface area is 304 Å². The normalized spacial score (nSPS) is 52.0. The highest BCUT2D eigenvalue weighted by Gasteiger charge is 2.70. The van der Waals surface area contributed by atoms with Crippen molar-refractivity contribution in [2.75, 3.05) is 23.0 Å². The Kier molecular flexibility index (Phi) is 9.62. The van der Waals surface area contributed by atoms with E-state index in [1.54, 1.807) is 0 Å². The Hall–Kier alpha value is -0.420. The van der Waals surface area contributed by atoms with Gasteiger partial charge < -0.3 is 18.9 Å². The molecule has 8 heterocycles. The van der Waals surface area contributed by atoms with E-state index in [1.165, 1.54) is 0 Å². The van der Waals surface area contributed by atoms with E-state index in [9.17, 15) is 16.8 Å². The molecule has 51 heavy (non-hydrogen) atoms. The first-order valence-electron chi connectivity index (χ1n) is 19.8. The van der Waals surface area contributed by atoms with Crippen LogP contribution in [0.4, 0.5) is 0 Å². The lowest BCUT2D eigenvalue weighted by Gasteiger charge is -2.60. The number of fused-ring (bicyclic) bond motifs is 4. The summed E-state index contributed by atoms with van der Waals surface area (Å²) in [6, 6.07) is 0. The van der Waals surface area contributed by atoms with Crippen LogP contribution in [0.15, 0.2) is 0 Å². The summed E-state index contributed by atoms with van der Waals surface area (Å²) in [5, 5.41) is 0. The minimum Gasteiger partial charge on any atom is -0.346 e. The van der Waals surface area contributed by atoms with Gasteiger partial charge in [-0.2, -0.15) is 0 Å². The summed E-state index contributed by atoms with van der Waals surface area (Å²) in [4.78, 5) is 24.2. The van der Waals surface area contributed by atoms with Crippen LogP contribution in [0.3, 0.4) is 0 Å². The number of ether oxygens (including phenoxy) is 4. The molecule has 0 unspecified atom stereocenters. The lowest BCUT2D eigenvalue weighted by Crippen LogP contribution is -2.70. The molecule has 292 valence electrons. The molecular formula is C37H60O12S2. The van der Waals surface area contributed by atoms with Crippen molar-refractivity contribution in [1.82, 2.24) is 0 Å². The van der Waals surface area contributed by atoms with Gasteiger partial charge in [0.25, 0.3) is 0 Å². The summed E-state index contributed by atoms with van der Waals surface area (Å²) < 4.78 is 79.1. The lowest BCUT2D eigenvalue weighted by molar-refractivity contribution is -0.571. The van der Waals surface area contributed by atoms with Gasteiger partial charge in [-0.25, -0.2) is 36.4 Å². The Morgan fingerprint density at radius 1 is 0.529 bits per heavy atom. The van der Waals surface area contributed by atoms with Gasteiger partial charge >= 0.3 is 0 Å². The van der Waals surface area contributed by atoms with Crippen molar-refractivity contribution in [1.29, 1.82) is 0 Å². The fourth-order valence-electron chi connectivity index (χ4n) is 11.9. The van der Waals surface area contributed by atoms with Gasteiger partial charge in [0, 0.05) is 24.7 Å². The first-order chi connectivity index (χ1) is 24.0. The maximum absolute atomic E-state index is 13.3. The zero-order valence-corrected chi connectivity index (χ0v) is 32.9. The van der Waals surface area contributed by atoms with E-state index in [0.717, 1.165) is 51.4 Å². The molecule has 0 aromatic heterocycles. The van der Waals surface area contributed by atoms with Crippen molar-refractivity contribution in [2.45, 2.75) is 160 Å². The molecule has 0 radical (unpaired) electrons. The summed E-state index contributed by atoms with van der Waals surface area (Å²) in [7, 11) is -7.02. The second-order valence-corrected chi connectivity index (χ2v) is 22.7. The van der Waals surface area contributed by atoms with Crippen molar-refractivity contribution in [2.24, 2.45) is 47.3 Å². The molecule has 2 aliphatic carbocycles. The quantitative estimate of drug-likeness (QED) is 0.260. The SMILES string of the molecule is C[C@H]1[C@@H](CCS(=O)(=O)CCCS(=O)(=O)CC[C@H]2O[C@@H]3O[C@]4(C)CC[C@H]5[C@H](C)CC[C@@H]([C@H]2C)[C@]35OO4)O[C@@H]2O[C@]3(C)CC[C@H]4[C@H](C)CC[C@@H]1[C@]24OO3. The minimum absolute atomic E-state index is 0.0594. The monoisotopic (exact) mass is 760 g/mol. The van der Waals surface area contributed by atoms with Gasteiger partial charge in [-0.1, -0.05) is 27.7 Å². The fraction of sp³-hybridized carbons (Fsp3) is 1.00. The molecule has 4 bridgehead atoms. The Bertz CT molecular complexity index is 1430. The van der Waals surface area contributed by atoms with Crippen LogP contribution in [0, 0.1) is 47.3 Å². The maximum atomic E-state index is 13.3. The molecule has 2 spiro atoms.